The van der Waals surface area contributed by atoms with Gasteiger partial charge in [-0.25, -0.2) is 4.68 Å². The van der Waals surface area contributed by atoms with Crippen LogP contribution in [0, 0.1) is 6.92 Å². The average molecular weight is 286 g/mol. The van der Waals surface area contributed by atoms with Gasteiger partial charge in [0, 0.05) is 11.9 Å². The fraction of sp³-hybridized carbons (Fsp3) is 0.500. The lowest BCUT2D eigenvalue weighted by atomic mass is 9.86. The van der Waals surface area contributed by atoms with Crippen molar-refractivity contribution < 1.29 is 9.31 Å². The number of aromatic nitrogens is 4. The van der Waals surface area contributed by atoms with Crippen molar-refractivity contribution in [3.63, 3.8) is 0 Å². The maximum Gasteiger partial charge on any atom is 0.518 e. The Hall–Kier alpha value is -1.73. The highest BCUT2D eigenvalue weighted by Crippen LogP contribution is 2.36. The van der Waals surface area contributed by atoms with E-state index in [4.69, 9.17) is 9.31 Å². The maximum absolute atomic E-state index is 5.97. The van der Waals surface area contributed by atoms with Crippen LogP contribution in [0.1, 0.15) is 33.4 Å². The Morgan fingerprint density at radius 3 is 2.43 bits per heavy atom. The minimum atomic E-state index is -0.494. The van der Waals surface area contributed by atoms with Crippen LogP contribution >= 0.6 is 0 Å². The van der Waals surface area contributed by atoms with E-state index in [1.807, 2.05) is 52.9 Å². The molecule has 2 aromatic rings. The lowest BCUT2D eigenvalue weighted by Crippen LogP contribution is -2.41. The van der Waals surface area contributed by atoms with Crippen LogP contribution in [0.3, 0.4) is 0 Å². The molecule has 0 unspecified atom stereocenters. The van der Waals surface area contributed by atoms with Gasteiger partial charge in [0.25, 0.3) is 0 Å². The predicted octanol–water partition coefficient (Wildman–Crippen LogP) is 1.27. The number of hydrogen-bond donors (Lipinski definition) is 0. The van der Waals surface area contributed by atoms with Gasteiger partial charge in [-0.3, -0.25) is 4.98 Å². The summed E-state index contributed by atoms with van der Waals surface area (Å²) in [6.45, 7) is 10.0. The molecule has 0 atom stereocenters. The molecule has 6 nitrogen and oxygen atoms in total. The smallest absolute Gasteiger partial charge is 0.398 e. The Kier molecular flexibility index (Phi) is 3.14. The summed E-state index contributed by atoms with van der Waals surface area (Å²) in [7, 11) is -0.494. The first-order valence-electron chi connectivity index (χ1n) is 6.99. The molecule has 110 valence electrons. The third-order valence-electron chi connectivity index (χ3n) is 4.15. The molecule has 7 heteroatoms. The second-order valence-corrected chi connectivity index (χ2v) is 6.33. The van der Waals surface area contributed by atoms with E-state index in [-0.39, 0.29) is 11.2 Å². The van der Waals surface area contributed by atoms with Gasteiger partial charge in [0.05, 0.1) is 23.1 Å². The Morgan fingerprint density at radius 2 is 1.81 bits per heavy atom. The molecule has 1 fully saturated rings. The standard InChI is InChI=1S/C14H19BN4O2/c1-10-8-11(6-7-16-10)19-9-12(17-18-19)15-20-13(2,3)14(4,5)21-15/h6-9H,1-5H3. The van der Waals surface area contributed by atoms with Crippen molar-refractivity contribution in [3.05, 3.63) is 30.2 Å². The fourth-order valence-electron chi connectivity index (χ4n) is 2.15. The van der Waals surface area contributed by atoms with Gasteiger partial charge >= 0.3 is 7.12 Å². The highest BCUT2D eigenvalue weighted by molar-refractivity contribution is 6.61. The van der Waals surface area contributed by atoms with Crippen molar-refractivity contribution in [2.24, 2.45) is 0 Å². The lowest BCUT2D eigenvalue weighted by molar-refractivity contribution is 0.00578. The highest BCUT2D eigenvalue weighted by atomic mass is 16.7. The van der Waals surface area contributed by atoms with Crippen molar-refractivity contribution in [2.45, 2.75) is 45.8 Å². The first-order chi connectivity index (χ1) is 9.78. The molecular formula is C14H19BN4O2. The Morgan fingerprint density at radius 1 is 1.14 bits per heavy atom. The number of hydrogen-bond acceptors (Lipinski definition) is 5. The summed E-state index contributed by atoms with van der Waals surface area (Å²) in [5.74, 6) is 0. The van der Waals surface area contributed by atoms with Gasteiger partial charge in [0.2, 0.25) is 0 Å². The van der Waals surface area contributed by atoms with Gasteiger partial charge in [-0.05, 0) is 46.8 Å². The summed E-state index contributed by atoms with van der Waals surface area (Å²) in [5.41, 5.74) is 1.75. The lowest BCUT2D eigenvalue weighted by Gasteiger charge is -2.32. The zero-order chi connectivity index (χ0) is 15.3. The molecule has 0 aliphatic carbocycles. The number of pyridine rings is 1. The van der Waals surface area contributed by atoms with Crippen LogP contribution in [-0.4, -0.2) is 38.3 Å². The topological polar surface area (TPSA) is 62.1 Å². The van der Waals surface area contributed by atoms with E-state index in [2.05, 4.69) is 15.3 Å². The molecule has 0 amide bonds. The van der Waals surface area contributed by atoms with Crippen LogP contribution in [0.25, 0.3) is 5.69 Å². The zero-order valence-electron chi connectivity index (χ0n) is 13.0. The monoisotopic (exact) mass is 286 g/mol. The minimum absolute atomic E-state index is 0.380. The summed E-state index contributed by atoms with van der Waals surface area (Å²) >= 11 is 0. The first kappa shape index (κ1) is 14.2. The van der Waals surface area contributed by atoms with Crippen LogP contribution in [0.15, 0.2) is 24.5 Å². The second kappa shape index (κ2) is 4.64. The normalized spacial score (nSPS) is 20.0. The molecular weight excluding hydrogens is 267 g/mol. The summed E-state index contributed by atoms with van der Waals surface area (Å²) in [6, 6.07) is 3.83. The van der Waals surface area contributed by atoms with Crippen molar-refractivity contribution in [2.75, 3.05) is 0 Å². The van der Waals surface area contributed by atoms with Crippen molar-refractivity contribution in [1.29, 1.82) is 0 Å². The Balaban J connectivity index is 1.87. The van der Waals surface area contributed by atoms with E-state index in [1.54, 1.807) is 10.9 Å². The number of nitrogens with zero attached hydrogens (tertiary/aromatic N) is 4. The molecule has 1 aliphatic heterocycles. The van der Waals surface area contributed by atoms with Crippen LogP contribution in [-0.2, 0) is 9.31 Å². The summed E-state index contributed by atoms with van der Waals surface area (Å²) < 4.78 is 13.6. The molecule has 0 aromatic carbocycles. The Labute approximate surface area is 124 Å². The van der Waals surface area contributed by atoms with E-state index in [9.17, 15) is 0 Å². The van der Waals surface area contributed by atoms with E-state index in [0.717, 1.165) is 11.4 Å². The molecule has 1 saturated heterocycles. The predicted molar refractivity (Wildman–Crippen MR) is 79.6 cm³/mol. The van der Waals surface area contributed by atoms with Crippen LogP contribution < -0.4 is 5.59 Å². The van der Waals surface area contributed by atoms with E-state index in [1.165, 1.54) is 0 Å². The molecule has 3 heterocycles. The summed E-state index contributed by atoms with van der Waals surface area (Å²) in [4.78, 5) is 4.18. The third kappa shape index (κ3) is 2.47. The van der Waals surface area contributed by atoms with Crippen molar-refractivity contribution >= 4 is 12.7 Å². The molecule has 3 rings (SSSR count). The van der Waals surface area contributed by atoms with Crippen LogP contribution in [0.4, 0.5) is 0 Å². The summed E-state index contributed by atoms with van der Waals surface area (Å²) in [6.07, 6.45) is 3.58. The number of rotatable bonds is 2. The summed E-state index contributed by atoms with van der Waals surface area (Å²) in [5, 5.41) is 8.32. The van der Waals surface area contributed by atoms with Gasteiger partial charge < -0.3 is 9.31 Å². The zero-order valence-corrected chi connectivity index (χ0v) is 13.0. The van der Waals surface area contributed by atoms with E-state index < -0.39 is 7.12 Å². The molecule has 1 aliphatic rings. The van der Waals surface area contributed by atoms with Crippen molar-refractivity contribution in [1.82, 2.24) is 20.0 Å². The average Bonchev–Trinajstić information content (AvgIpc) is 2.93. The fourth-order valence-corrected chi connectivity index (χ4v) is 2.15. The SMILES string of the molecule is Cc1cc(-n2cc(B3OC(C)(C)C(C)(C)O3)nn2)ccn1. The first-order valence-corrected chi connectivity index (χ1v) is 6.99. The molecule has 0 saturated carbocycles. The molecule has 2 aromatic heterocycles. The van der Waals surface area contributed by atoms with Crippen LogP contribution in [0.5, 0.6) is 0 Å². The minimum Gasteiger partial charge on any atom is -0.398 e. The van der Waals surface area contributed by atoms with Gasteiger partial charge in [-0.15, -0.1) is 5.10 Å². The quantitative estimate of drug-likeness (QED) is 0.778. The van der Waals surface area contributed by atoms with Gasteiger partial charge in [-0.2, -0.15) is 0 Å². The van der Waals surface area contributed by atoms with Gasteiger partial charge in [-0.1, -0.05) is 5.21 Å². The highest BCUT2D eigenvalue weighted by Gasteiger charge is 2.52. The Bertz CT molecular complexity index is 652. The van der Waals surface area contributed by atoms with Crippen molar-refractivity contribution in [3.8, 4) is 5.69 Å². The molecule has 0 spiro atoms. The molecule has 0 radical (unpaired) electrons. The van der Waals surface area contributed by atoms with Crippen LogP contribution in [0.2, 0.25) is 0 Å². The van der Waals surface area contributed by atoms with E-state index >= 15 is 0 Å². The van der Waals surface area contributed by atoms with Gasteiger partial charge in [0.1, 0.15) is 5.59 Å². The molecule has 0 N–H and O–H groups in total. The molecule has 21 heavy (non-hydrogen) atoms. The number of aryl methyl sites for hydroxylation is 1. The maximum atomic E-state index is 5.97. The molecule has 0 bridgehead atoms. The largest absolute Gasteiger partial charge is 0.518 e. The van der Waals surface area contributed by atoms with E-state index in [0.29, 0.717) is 5.59 Å². The van der Waals surface area contributed by atoms with Gasteiger partial charge in [0.15, 0.2) is 0 Å². The second-order valence-electron chi connectivity index (χ2n) is 6.33. The third-order valence-corrected chi connectivity index (χ3v) is 4.15.